The minimum Gasteiger partial charge on any atom is -0.339 e. The first-order valence-corrected chi connectivity index (χ1v) is 9.89. The zero-order valence-corrected chi connectivity index (χ0v) is 17.9. The second-order valence-electron chi connectivity index (χ2n) is 7.67. The number of nitrogens with zero attached hydrogens (tertiary/aromatic N) is 6. The molecule has 1 N–H and O–H groups in total. The molecule has 1 amide bonds. The molecule has 4 rings (SSSR count). The Labute approximate surface area is 181 Å². The van der Waals surface area contributed by atoms with Gasteiger partial charge in [0.05, 0.1) is 5.39 Å². The van der Waals surface area contributed by atoms with Gasteiger partial charge in [-0.1, -0.05) is 19.0 Å². The van der Waals surface area contributed by atoms with Crippen molar-refractivity contribution in [3.05, 3.63) is 69.1 Å². The monoisotopic (exact) mass is 435 g/mol. The van der Waals surface area contributed by atoms with E-state index in [1.807, 2.05) is 13.8 Å². The van der Waals surface area contributed by atoms with E-state index in [-0.39, 0.29) is 28.5 Å². The summed E-state index contributed by atoms with van der Waals surface area (Å²) in [6, 6.07) is 5.91. The van der Waals surface area contributed by atoms with Crippen LogP contribution in [0.3, 0.4) is 0 Å². The molecule has 1 atom stereocenters. The number of aryl methyl sites for hydroxylation is 1. The van der Waals surface area contributed by atoms with Crippen LogP contribution in [-0.4, -0.2) is 35.1 Å². The van der Waals surface area contributed by atoms with Crippen molar-refractivity contribution in [1.29, 1.82) is 0 Å². The quantitative estimate of drug-likeness (QED) is 0.494. The maximum atomic E-state index is 13.0. The zero-order valence-electron chi connectivity index (χ0n) is 17.9. The lowest BCUT2D eigenvalue weighted by molar-refractivity contribution is 0.0909. The van der Waals surface area contributed by atoms with E-state index in [0.717, 1.165) is 4.57 Å². The van der Waals surface area contributed by atoms with Crippen LogP contribution in [0.4, 0.5) is 0 Å². The van der Waals surface area contributed by atoms with Crippen LogP contribution in [0.2, 0.25) is 0 Å². The lowest BCUT2D eigenvalue weighted by atomic mass is 10.0. The van der Waals surface area contributed by atoms with Crippen LogP contribution in [0, 0.1) is 5.92 Å². The standard InChI is InChI=1S/C21H21N7O4/c1-11(2)15(19-25-16(26-32-19)12-6-5-9-22-10-12)24-18(29)14-8-7-13-17(23-14)27(3)21(31)28(4)20(13)30/h5-11,15H,1-4H3,(H,24,29). The molecule has 0 aliphatic heterocycles. The van der Waals surface area contributed by atoms with Gasteiger partial charge >= 0.3 is 5.69 Å². The Morgan fingerprint density at radius 2 is 1.88 bits per heavy atom. The molecule has 164 valence electrons. The molecule has 0 saturated heterocycles. The van der Waals surface area contributed by atoms with Crippen molar-refractivity contribution >= 4 is 16.9 Å². The van der Waals surface area contributed by atoms with E-state index in [9.17, 15) is 14.4 Å². The molecule has 11 nitrogen and oxygen atoms in total. The summed E-state index contributed by atoms with van der Waals surface area (Å²) in [7, 11) is 2.89. The Bertz CT molecular complexity index is 1420. The van der Waals surface area contributed by atoms with Gasteiger partial charge in [-0.3, -0.25) is 23.7 Å². The lowest BCUT2D eigenvalue weighted by Crippen LogP contribution is -2.38. The number of fused-ring (bicyclic) bond motifs is 1. The Morgan fingerprint density at radius 3 is 2.56 bits per heavy atom. The summed E-state index contributed by atoms with van der Waals surface area (Å²) in [6.07, 6.45) is 3.26. The van der Waals surface area contributed by atoms with Crippen LogP contribution in [0.15, 0.2) is 50.8 Å². The molecule has 0 aromatic carbocycles. The van der Waals surface area contributed by atoms with Gasteiger partial charge in [-0.25, -0.2) is 9.78 Å². The largest absolute Gasteiger partial charge is 0.339 e. The summed E-state index contributed by atoms with van der Waals surface area (Å²) in [5.41, 5.74) is -0.130. The van der Waals surface area contributed by atoms with Gasteiger partial charge in [0, 0.05) is 32.1 Å². The first-order chi connectivity index (χ1) is 15.3. The number of carbonyl (C=O) groups is 1. The maximum absolute atomic E-state index is 13.0. The molecule has 32 heavy (non-hydrogen) atoms. The normalized spacial score (nSPS) is 12.3. The summed E-state index contributed by atoms with van der Waals surface area (Å²) in [5, 5.41) is 7.08. The number of nitrogens with one attached hydrogen (secondary N) is 1. The molecule has 0 aliphatic carbocycles. The molecule has 0 bridgehead atoms. The predicted octanol–water partition coefficient (Wildman–Crippen LogP) is 1.20. The van der Waals surface area contributed by atoms with Crippen LogP contribution in [-0.2, 0) is 14.1 Å². The second-order valence-corrected chi connectivity index (χ2v) is 7.67. The lowest BCUT2D eigenvalue weighted by Gasteiger charge is -2.18. The molecular weight excluding hydrogens is 414 g/mol. The number of pyridine rings is 2. The van der Waals surface area contributed by atoms with Gasteiger partial charge in [0.15, 0.2) is 0 Å². The van der Waals surface area contributed by atoms with Gasteiger partial charge < -0.3 is 9.84 Å². The zero-order chi connectivity index (χ0) is 23.0. The van der Waals surface area contributed by atoms with Gasteiger partial charge in [-0.15, -0.1) is 0 Å². The highest BCUT2D eigenvalue weighted by molar-refractivity contribution is 5.94. The average molecular weight is 435 g/mol. The van der Waals surface area contributed by atoms with Gasteiger partial charge in [0.25, 0.3) is 11.5 Å². The Hall–Kier alpha value is -4.15. The number of hydrogen-bond donors (Lipinski definition) is 1. The fourth-order valence-corrected chi connectivity index (χ4v) is 3.28. The smallest absolute Gasteiger partial charge is 0.332 e. The highest BCUT2D eigenvalue weighted by Crippen LogP contribution is 2.23. The highest BCUT2D eigenvalue weighted by atomic mass is 16.5. The van der Waals surface area contributed by atoms with Crippen LogP contribution in [0.5, 0.6) is 0 Å². The van der Waals surface area contributed by atoms with E-state index in [1.54, 1.807) is 24.5 Å². The van der Waals surface area contributed by atoms with Gasteiger partial charge in [-0.2, -0.15) is 4.98 Å². The average Bonchev–Trinajstić information content (AvgIpc) is 3.29. The van der Waals surface area contributed by atoms with Crippen molar-refractivity contribution in [1.82, 2.24) is 34.6 Å². The summed E-state index contributed by atoms with van der Waals surface area (Å²) in [5.74, 6) is 0.0371. The Kier molecular flexibility index (Phi) is 5.39. The van der Waals surface area contributed by atoms with Crippen LogP contribution < -0.4 is 16.6 Å². The van der Waals surface area contributed by atoms with Gasteiger partial charge in [0.2, 0.25) is 11.7 Å². The topological polar surface area (TPSA) is 138 Å². The molecule has 0 radical (unpaired) electrons. The molecule has 1 unspecified atom stereocenters. The highest BCUT2D eigenvalue weighted by Gasteiger charge is 2.26. The van der Waals surface area contributed by atoms with Crippen LogP contribution >= 0.6 is 0 Å². The van der Waals surface area contributed by atoms with Gasteiger partial charge in [-0.05, 0) is 30.2 Å². The van der Waals surface area contributed by atoms with Crippen molar-refractivity contribution in [3.63, 3.8) is 0 Å². The number of rotatable bonds is 5. The fourth-order valence-electron chi connectivity index (χ4n) is 3.28. The molecule has 0 saturated carbocycles. The van der Waals surface area contributed by atoms with Crippen molar-refractivity contribution in [3.8, 4) is 11.4 Å². The predicted molar refractivity (Wildman–Crippen MR) is 115 cm³/mol. The number of aromatic nitrogens is 6. The third-order valence-electron chi connectivity index (χ3n) is 5.12. The van der Waals surface area contributed by atoms with Crippen molar-refractivity contribution in [2.24, 2.45) is 20.0 Å². The van der Waals surface area contributed by atoms with E-state index in [4.69, 9.17) is 4.52 Å². The minimum atomic E-state index is -0.578. The second kappa shape index (κ2) is 8.17. The van der Waals surface area contributed by atoms with Crippen molar-refractivity contribution in [2.45, 2.75) is 19.9 Å². The third kappa shape index (κ3) is 3.68. The number of amides is 1. The van der Waals surface area contributed by atoms with Crippen molar-refractivity contribution < 1.29 is 9.32 Å². The van der Waals surface area contributed by atoms with E-state index in [1.165, 1.54) is 30.8 Å². The number of hydrogen-bond acceptors (Lipinski definition) is 8. The number of carbonyl (C=O) groups excluding carboxylic acids is 1. The Balaban J connectivity index is 1.66. The van der Waals surface area contributed by atoms with E-state index in [2.05, 4.69) is 25.4 Å². The van der Waals surface area contributed by atoms with Gasteiger partial charge in [0.1, 0.15) is 17.4 Å². The van der Waals surface area contributed by atoms with E-state index < -0.39 is 23.2 Å². The Morgan fingerprint density at radius 1 is 1.09 bits per heavy atom. The first kappa shape index (κ1) is 21.1. The maximum Gasteiger partial charge on any atom is 0.332 e. The van der Waals surface area contributed by atoms with E-state index >= 15 is 0 Å². The molecule has 4 aromatic heterocycles. The molecule has 4 heterocycles. The molecular formula is C21H21N7O4. The third-order valence-corrected chi connectivity index (χ3v) is 5.12. The van der Waals surface area contributed by atoms with Crippen LogP contribution in [0.25, 0.3) is 22.4 Å². The van der Waals surface area contributed by atoms with Crippen LogP contribution in [0.1, 0.15) is 36.3 Å². The fraction of sp³-hybridized carbons (Fsp3) is 0.286. The first-order valence-electron chi connectivity index (χ1n) is 9.89. The molecule has 0 aliphatic rings. The molecule has 0 spiro atoms. The molecule has 11 heteroatoms. The molecule has 0 fully saturated rings. The minimum absolute atomic E-state index is 0.0541. The summed E-state index contributed by atoms with van der Waals surface area (Å²) >= 11 is 0. The van der Waals surface area contributed by atoms with E-state index in [0.29, 0.717) is 11.4 Å². The summed E-state index contributed by atoms with van der Waals surface area (Å²) < 4.78 is 7.62. The SMILES string of the molecule is CC(C)C(NC(=O)c1ccc2c(=O)n(C)c(=O)n(C)c2n1)c1nc(-c2cccnc2)no1. The van der Waals surface area contributed by atoms with Crippen molar-refractivity contribution in [2.75, 3.05) is 0 Å². The summed E-state index contributed by atoms with van der Waals surface area (Å²) in [6.45, 7) is 3.81. The summed E-state index contributed by atoms with van der Waals surface area (Å²) in [4.78, 5) is 50.2. The molecule has 4 aromatic rings.